The summed E-state index contributed by atoms with van der Waals surface area (Å²) < 4.78 is 0. The lowest BCUT2D eigenvalue weighted by Gasteiger charge is -2.35. The van der Waals surface area contributed by atoms with E-state index in [1.165, 1.54) is 11.8 Å². The normalized spacial score (nSPS) is 27.4. The number of thioether (sulfide) groups is 1. The fourth-order valence-corrected chi connectivity index (χ4v) is 7.79. The fraction of sp³-hybridized carbons (Fsp3) is 0.514. The molecule has 53 heavy (non-hydrogen) atoms. The van der Waals surface area contributed by atoms with Crippen molar-refractivity contribution in [2.24, 2.45) is 16.9 Å². The second-order valence-electron chi connectivity index (χ2n) is 14.3. The third-order valence-corrected chi connectivity index (χ3v) is 11.1. The Labute approximate surface area is 315 Å². The number of aryl methyl sites for hydroxylation is 1. The monoisotopic (exact) mass is 772 g/mol. The number of hydrogen-bond acceptors (Lipinski definition) is 11. The standard InChI is InChI=1S/C35H48N8O8S2/c1-17-10-11-53-27(17)20-8-6-19(7-9-20)26-33(50)38-18(2)30(47)39-22(13-36)31(48)40-23(29(37)46)15-52-16-25(45)41-28(35(3,4)5)34(51)43-14-21(44)12-24(43)32(49)42-26/h6-11,18,21-24,26,28,44H,12-16,36H2,1-5H3,(H2,37,46)(H,38,50)(H,39,47)(H,40,48)(H,41,45)(H,42,49)/t18-,21-,22-,23-,24+,26-,28-/m1/s1. The second kappa shape index (κ2) is 17.5. The Morgan fingerprint density at radius 2 is 1.60 bits per heavy atom. The zero-order chi connectivity index (χ0) is 39.2. The molecule has 0 bridgehead atoms. The number of hydrogen-bond donors (Lipinski definition) is 8. The van der Waals surface area contributed by atoms with Crippen molar-refractivity contribution in [3.63, 3.8) is 0 Å². The Morgan fingerprint density at radius 1 is 0.925 bits per heavy atom. The Bertz CT molecular complexity index is 1710. The summed E-state index contributed by atoms with van der Waals surface area (Å²) in [6.45, 7) is 8.00. The molecule has 4 rings (SSSR count). The van der Waals surface area contributed by atoms with Gasteiger partial charge in [0.1, 0.15) is 36.3 Å². The molecule has 7 amide bonds. The largest absolute Gasteiger partial charge is 0.391 e. The van der Waals surface area contributed by atoms with Crippen LogP contribution in [0.1, 0.15) is 51.3 Å². The molecule has 0 aliphatic carbocycles. The summed E-state index contributed by atoms with van der Waals surface area (Å²) in [4.78, 5) is 96.0. The SMILES string of the molecule is Cc1ccsc1-c1ccc([C@H]2NC(=O)[C@@H]3C[C@@H](O)CN3C(=O)[C@H](C(C)(C)C)NC(=O)CSC[C@H](C(N)=O)NC(=O)[C@@H](CN)NC(=O)[C@@H](C)NC2=O)cc1. The molecule has 0 unspecified atom stereocenters. The predicted octanol–water partition coefficient (Wildman–Crippen LogP) is -0.961. The van der Waals surface area contributed by atoms with Crippen molar-refractivity contribution < 1.29 is 38.7 Å². The van der Waals surface area contributed by atoms with Crippen LogP contribution >= 0.6 is 23.1 Å². The molecule has 7 atom stereocenters. The zero-order valence-corrected chi connectivity index (χ0v) is 31.9. The van der Waals surface area contributed by atoms with E-state index in [2.05, 4.69) is 26.6 Å². The van der Waals surface area contributed by atoms with E-state index in [4.69, 9.17) is 11.5 Å². The van der Waals surface area contributed by atoms with Gasteiger partial charge in [0, 0.05) is 30.1 Å². The van der Waals surface area contributed by atoms with Crippen molar-refractivity contribution >= 4 is 64.4 Å². The highest BCUT2D eigenvalue weighted by atomic mass is 32.2. The van der Waals surface area contributed by atoms with Gasteiger partial charge < -0.3 is 48.1 Å². The van der Waals surface area contributed by atoms with Gasteiger partial charge in [-0.2, -0.15) is 0 Å². The first-order valence-corrected chi connectivity index (χ1v) is 19.2. The summed E-state index contributed by atoms with van der Waals surface area (Å²) >= 11 is 2.52. The summed E-state index contributed by atoms with van der Waals surface area (Å²) in [6.07, 6.45) is -1.19. The van der Waals surface area contributed by atoms with Crippen molar-refractivity contribution in [3.8, 4) is 10.4 Å². The van der Waals surface area contributed by atoms with E-state index in [-0.39, 0.29) is 31.0 Å². The van der Waals surface area contributed by atoms with Crippen molar-refractivity contribution in [2.75, 3.05) is 24.6 Å². The first-order chi connectivity index (χ1) is 24.9. The number of nitrogens with zero attached hydrogens (tertiary/aromatic N) is 1. The number of rotatable bonds is 4. The molecule has 288 valence electrons. The molecule has 2 aliphatic heterocycles. The van der Waals surface area contributed by atoms with E-state index in [9.17, 15) is 38.7 Å². The second-order valence-corrected chi connectivity index (χ2v) is 16.2. The maximum Gasteiger partial charge on any atom is 0.247 e. The molecule has 1 aromatic carbocycles. The summed E-state index contributed by atoms with van der Waals surface area (Å²) in [7, 11) is 0. The minimum atomic E-state index is -1.36. The van der Waals surface area contributed by atoms with Crippen LogP contribution in [-0.2, 0) is 33.6 Å². The van der Waals surface area contributed by atoms with Crippen molar-refractivity contribution in [2.45, 2.75) is 83.4 Å². The number of aliphatic hydroxyl groups excluding tert-OH is 1. The first kappa shape index (κ1) is 41.2. The van der Waals surface area contributed by atoms with Crippen molar-refractivity contribution in [3.05, 3.63) is 46.8 Å². The van der Waals surface area contributed by atoms with E-state index in [0.29, 0.717) is 5.56 Å². The van der Waals surface area contributed by atoms with E-state index < -0.39 is 89.1 Å². The number of thiophene rings is 1. The van der Waals surface area contributed by atoms with Gasteiger partial charge in [-0.05, 0) is 47.4 Å². The zero-order valence-electron chi connectivity index (χ0n) is 30.3. The Hall–Kier alpha value is -4.52. The molecule has 16 nitrogen and oxygen atoms in total. The lowest BCUT2D eigenvalue weighted by Crippen LogP contribution is -2.59. The van der Waals surface area contributed by atoms with E-state index in [1.807, 2.05) is 18.4 Å². The molecular formula is C35H48N8O8S2. The summed E-state index contributed by atoms with van der Waals surface area (Å²) in [5.74, 6) is -5.52. The van der Waals surface area contributed by atoms with Gasteiger partial charge in [0.25, 0.3) is 0 Å². The average molecular weight is 773 g/mol. The van der Waals surface area contributed by atoms with Gasteiger partial charge in [0.05, 0.1) is 11.9 Å². The van der Waals surface area contributed by atoms with Crippen LogP contribution in [0.5, 0.6) is 0 Å². The van der Waals surface area contributed by atoms with Crippen LogP contribution in [0.25, 0.3) is 10.4 Å². The number of nitrogens with one attached hydrogen (secondary N) is 5. The molecule has 10 N–H and O–H groups in total. The molecule has 0 saturated carbocycles. The summed E-state index contributed by atoms with van der Waals surface area (Å²) in [5, 5.41) is 25.6. The van der Waals surface area contributed by atoms with Crippen LogP contribution in [0, 0.1) is 12.3 Å². The van der Waals surface area contributed by atoms with Gasteiger partial charge in [-0.1, -0.05) is 45.0 Å². The molecule has 0 spiro atoms. The molecule has 3 heterocycles. The number of carbonyl (C=O) groups is 7. The molecule has 18 heteroatoms. The predicted molar refractivity (Wildman–Crippen MR) is 200 cm³/mol. The van der Waals surface area contributed by atoms with Gasteiger partial charge in [-0.25, -0.2) is 0 Å². The quantitative estimate of drug-likeness (QED) is 0.189. The van der Waals surface area contributed by atoms with Gasteiger partial charge in [0.15, 0.2) is 0 Å². The summed E-state index contributed by atoms with van der Waals surface area (Å²) in [6, 6.07) is 1.45. The lowest BCUT2D eigenvalue weighted by atomic mass is 9.85. The minimum absolute atomic E-state index is 0.115. The smallest absolute Gasteiger partial charge is 0.247 e. The first-order valence-electron chi connectivity index (χ1n) is 17.1. The molecule has 2 saturated heterocycles. The molecule has 0 radical (unpaired) electrons. The maximum absolute atomic E-state index is 14.1. The minimum Gasteiger partial charge on any atom is -0.391 e. The Morgan fingerprint density at radius 3 is 2.19 bits per heavy atom. The highest BCUT2D eigenvalue weighted by Crippen LogP contribution is 2.31. The molecular weight excluding hydrogens is 725 g/mol. The number of fused-ring (bicyclic) bond motifs is 1. The average Bonchev–Trinajstić information content (AvgIpc) is 3.71. The van der Waals surface area contributed by atoms with Gasteiger partial charge >= 0.3 is 0 Å². The number of amides is 7. The number of carbonyl (C=O) groups excluding carboxylic acids is 7. The van der Waals surface area contributed by atoms with Crippen LogP contribution in [0.3, 0.4) is 0 Å². The van der Waals surface area contributed by atoms with Crippen LogP contribution in [0.2, 0.25) is 0 Å². The lowest BCUT2D eigenvalue weighted by molar-refractivity contribution is -0.144. The highest BCUT2D eigenvalue weighted by molar-refractivity contribution is 8.00. The topological polar surface area (TPSA) is 255 Å². The number of aliphatic hydroxyl groups is 1. The van der Waals surface area contributed by atoms with E-state index in [1.54, 1.807) is 56.4 Å². The van der Waals surface area contributed by atoms with Crippen molar-refractivity contribution in [1.29, 1.82) is 0 Å². The van der Waals surface area contributed by atoms with Gasteiger partial charge in [0.2, 0.25) is 41.4 Å². The molecule has 1 aromatic heterocycles. The van der Waals surface area contributed by atoms with E-state index >= 15 is 0 Å². The third kappa shape index (κ3) is 10.3. The fourth-order valence-electron chi connectivity index (χ4n) is 5.98. The molecule has 2 aliphatic rings. The van der Waals surface area contributed by atoms with Crippen LogP contribution in [0.4, 0.5) is 0 Å². The van der Waals surface area contributed by atoms with Crippen molar-refractivity contribution in [1.82, 2.24) is 31.5 Å². The van der Waals surface area contributed by atoms with Gasteiger partial charge in [-0.15, -0.1) is 23.1 Å². The van der Waals surface area contributed by atoms with Crippen LogP contribution in [-0.4, -0.2) is 112 Å². The molecule has 2 fully saturated rings. The molecule has 2 aromatic rings. The third-order valence-electron chi connectivity index (χ3n) is 9.00. The Balaban J connectivity index is 1.72. The van der Waals surface area contributed by atoms with Crippen LogP contribution < -0.4 is 38.1 Å². The number of nitrogens with two attached hydrogens (primary N) is 2. The maximum atomic E-state index is 14.1. The number of primary amides is 1. The number of benzene rings is 1. The van der Waals surface area contributed by atoms with E-state index in [0.717, 1.165) is 27.8 Å². The van der Waals surface area contributed by atoms with Gasteiger partial charge in [-0.3, -0.25) is 33.6 Å². The highest BCUT2D eigenvalue weighted by Gasteiger charge is 2.45. The Kier molecular flexibility index (Phi) is 13.6. The summed E-state index contributed by atoms with van der Waals surface area (Å²) in [5.41, 5.74) is 12.8. The van der Waals surface area contributed by atoms with Crippen LogP contribution in [0.15, 0.2) is 35.7 Å².